The smallest absolute Gasteiger partial charge is 1.00 e. The molecular weight excluding hydrogens is 367 g/mol. The van der Waals surface area contributed by atoms with Gasteiger partial charge in [0.25, 0.3) is 0 Å². The summed E-state index contributed by atoms with van der Waals surface area (Å²) in [5.74, 6) is 0. The van der Waals surface area contributed by atoms with E-state index in [-0.39, 0.29) is 44.3 Å². The first-order chi connectivity index (χ1) is 9.41. The SMILES string of the molecule is CCCCCCCC/C=C\CCCCCCCCN.[Cl-].[Cl-].[Zn+2]. The largest absolute Gasteiger partial charge is 2.00 e. The van der Waals surface area contributed by atoms with E-state index in [1.807, 2.05) is 0 Å². The van der Waals surface area contributed by atoms with Crippen LogP contribution in [0.1, 0.15) is 96.8 Å². The summed E-state index contributed by atoms with van der Waals surface area (Å²) in [6.07, 6.45) is 23.9. The summed E-state index contributed by atoms with van der Waals surface area (Å²) in [6.45, 7) is 3.14. The van der Waals surface area contributed by atoms with E-state index >= 15 is 0 Å². The van der Waals surface area contributed by atoms with Crippen molar-refractivity contribution in [3.05, 3.63) is 12.2 Å². The molecule has 130 valence electrons. The fourth-order valence-electron chi connectivity index (χ4n) is 2.39. The van der Waals surface area contributed by atoms with Crippen molar-refractivity contribution < 1.29 is 44.3 Å². The Balaban J connectivity index is -0.000000540. The van der Waals surface area contributed by atoms with E-state index in [2.05, 4.69) is 19.1 Å². The number of nitrogens with two attached hydrogens (primary N) is 1. The Hall–Kier alpha value is 0.903. The van der Waals surface area contributed by atoms with Gasteiger partial charge in [-0.25, -0.2) is 0 Å². The van der Waals surface area contributed by atoms with Crippen LogP contribution in [0.5, 0.6) is 0 Å². The first kappa shape index (κ1) is 30.7. The van der Waals surface area contributed by atoms with Crippen LogP contribution >= 0.6 is 0 Å². The number of hydrogen-bond donors (Lipinski definition) is 1. The zero-order chi connectivity index (χ0) is 14.0. The number of unbranched alkanes of at least 4 members (excludes halogenated alkanes) is 12. The van der Waals surface area contributed by atoms with E-state index in [1.165, 1.54) is 89.9 Å². The second-order valence-corrected chi connectivity index (χ2v) is 5.73. The molecule has 0 aliphatic rings. The third-order valence-electron chi connectivity index (χ3n) is 3.72. The molecule has 0 rings (SSSR count). The number of hydrogen-bond acceptors (Lipinski definition) is 1. The van der Waals surface area contributed by atoms with Gasteiger partial charge in [0.15, 0.2) is 0 Å². The van der Waals surface area contributed by atoms with Crippen molar-refractivity contribution in [3.8, 4) is 0 Å². The van der Waals surface area contributed by atoms with Gasteiger partial charge in [0.1, 0.15) is 0 Å². The molecule has 0 aliphatic carbocycles. The van der Waals surface area contributed by atoms with E-state index < -0.39 is 0 Å². The molecule has 0 aromatic rings. The second-order valence-electron chi connectivity index (χ2n) is 5.73. The summed E-state index contributed by atoms with van der Waals surface area (Å²) < 4.78 is 0. The predicted molar refractivity (Wildman–Crippen MR) is 88.5 cm³/mol. The van der Waals surface area contributed by atoms with Crippen LogP contribution in [0.3, 0.4) is 0 Å². The van der Waals surface area contributed by atoms with Gasteiger partial charge in [-0.2, -0.15) is 0 Å². The molecule has 0 aromatic carbocycles. The number of halogens is 2. The summed E-state index contributed by atoms with van der Waals surface area (Å²) in [7, 11) is 0. The molecule has 0 aromatic heterocycles. The molecule has 0 aliphatic heterocycles. The zero-order valence-electron chi connectivity index (χ0n) is 14.8. The fourth-order valence-corrected chi connectivity index (χ4v) is 2.39. The van der Waals surface area contributed by atoms with Crippen LogP contribution in [0.4, 0.5) is 0 Å². The molecule has 0 bridgehead atoms. The summed E-state index contributed by atoms with van der Waals surface area (Å²) in [6, 6.07) is 0. The summed E-state index contributed by atoms with van der Waals surface area (Å²) in [4.78, 5) is 0. The minimum atomic E-state index is 0. The summed E-state index contributed by atoms with van der Waals surface area (Å²) in [5, 5.41) is 0. The topological polar surface area (TPSA) is 26.0 Å². The molecule has 4 heteroatoms. The van der Waals surface area contributed by atoms with Crippen LogP contribution in [0.15, 0.2) is 12.2 Å². The molecule has 0 amide bonds. The Kier molecular flexibility index (Phi) is 41.7. The third kappa shape index (κ3) is 29.0. The van der Waals surface area contributed by atoms with E-state index in [1.54, 1.807) is 0 Å². The van der Waals surface area contributed by atoms with Crippen molar-refractivity contribution in [1.29, 1.82) is 0 Å². The first-order valence-corrected chi connectivity index (χ1v) is 8.77. The normalized spacial score (nSPS) is 9.91. The first-order valence-electron chi connectivity index (χ1n) is 8.77. The Bertz CT molecular complexity index is 190. The zero-order valence-corrected chi connectivity index (χ0v) is 19.3. The van der Waals surface area contributed by atoms with Crippen LogP contribution in [0.25, 0.3) is 0 Å². The molecule has 22 heavy (non-hydrogen) atoms. The van der Waals surface area contributed by atoms with Crippen molar-refractivity contribution in [2.45, 2.75) is 96.8 Å². The minimum Gasteiger partial charge on any atom is -1.00 e. The van der Waals surface area contributed by atoms with Crippen molar-refractivity contribution in [1.82, 2.24) is 0 Å². The average Bonchev–Trinajstić information content (AvgIpc) is 2.43. The van der Waals surface area contributed by atoms with Crippen LogP contribution in [-0.2, 0) is 19.5 Å². The Morgan fingerprint density at radius 2 is 0.955 bits per heavy atom. The van der Waals surface area contributed by atoms with Crippen molar-refractivity contribution >= 4 is 0 Å². The van der Waals surface area contributed by atoms with E-state index in [0.29, 0.717) is 0 Å². The molecule has 0 saturated carbocycles. The third-order valence-corrected chi connectivity index (χ3v) is 3.72. The van der Waals surface area contributed by atoms with Gasteiger partial charge in [-0.1, -0.05) is 76.9 Å². The van der Waals surface area contributed by atoms with Crippen LogP contribution < -0.4 is 30.5 Å². The standard InChI is InChI=1S/C18H37N.2ClH.Zn/c1-2-3-4-5-6-7-8-9-10-11-12-13-14-15-16-17-18-19;;;/h9-10H,2-8,11-19H2,1H3;2*1H;/q;;;+2/p-2/b10-9-;;;. The van der Waals surface area contributed by atoms with Gasteiger partial charge in [0.2, 0.25) is 0 Å². The van der Waals surface area contributed by atoms with Crippen LogP contribution in [0, 0.1) is 0 Å². The molecule has 0 spiro atoms. The fraction of sp³-hybridized carbons (Fsp3) is 0.889. The Morgan fingerprint density at radius 1 is 0.591 bits per heavy atom. The van der Waals surface area contributed by atoms with E-state index in [0.717, 1.165) is 6.54 Å². The Morgan fingerprint density at radius 3 is 1.36 bits per heavy atom. The maximum atomic E-state index is 5.47. The number of rotatable bonds is 15. The molecule has 2 N–H and O–H groups in total. The van der Waals surface area contributed by atoms with Gasteiger partial charge in [-0.3, -0.25) is 0 Å². The second kappa shape index (κ2) is 29.9. The minimum absolute atomic E-state index is 0. The van der Waals surface area contributed by atoms with Crippen LogP contribution in [-0.4, -0.2) is 6.54 Å². The number of allylic oxidation sites excluding steroid dienone is 2. The molecule has 0 radical (unpaired) electrons. The van der Waals surface area contributed by atoms with Gasteiger partial charge in [-0.15, -0.1) is 0 Å². The summed E-state index contributed by atoms with van der Waals surface area (Å²) in [5.41, 5.74) is 5.47. The van der Waals surface area contributed by atoms with Crippen molar-refractivity contribution in [2.75, 3.05) is 6.54 Å². The van der Waals surface area contributed by atoms with Gasteiger partial charge in [-0.05, 0) is 38.6 Å². The van der Waals surface area contributed by atoms with Crippen LogP contribution in [0.2, 0.25) is 0 Å². The quantitative estimate of drug-likeness (QED) is 0.232. The maximum absolute atomic E-state index is 5.47. The van der Waals surface area contributed by atoms with Gasteiger partial charge in [0, 0.05) is 0 Å². The molecule has 1 nitrogen and oxygen atoms in total. The monoisotopic (exact) mass is 401 g/mol. The Labute approximate surface area is 165 Å². The summed E-state index contributed by atoms with van der Waals surface area (Å²) >= 11 is 0. The molecule has 0 unspecified atom stereocenters. The molecular formula is C18H37Cl2NZn. The van der Waals surface area contributed by atoms with Crippen molar-refractivity contribution in [2.24, 2.45) is 5.73 Å². The van der Waals surface area contributed by atoms with Gasteiger partial charge >= 0.3 is 19.5 Å². The predicted octanol–water partition coefficient (Wildman–Crippen LogP) is -0.0119. The maximum Gasteiger partial charge on any atom is 2.00 e. The van der Waals surface area contributed by atoms with Gasteiger partial charge < -0.3 is 30.5 Å². The van der Waals surface area contributed by atoms with E-state index in [4.69, 9.17) is 5.73 Å². The van der Waals surface area contributed by atoms with Gasteiger partial charge in [0.05, 0.1) is 0 Å². The molecule has 0 atom stereocenters. The molecule has 0 heterocycles. The molecule has 0 saturated heterocycles. The average molecular weight is 404 g/mol. The molecule has 0 fully saturated rings. The van der Waals surface area contributed by atoms with Crippen molar-refractivity contribution in [3.63, 3.8) is 0 Å². The van der Waals surface area contributed by atoms with E-state index in [9.17, 15) is 0 Å².